The fourth-order valence-corrected chi connectivity index (χ4v) is 3.45. The van der Waals surface area contributed by atoms with Crippen molar-refractivity contribution < 1.29 is 19.4 Å². The van der Waals surface area contributed by atoms with E-state index in [9.17, 15) is 14.7 Å². The molecule has 1 amide bonds. The van der Waals surface area contributed by atoms with Crippen molar-refractivity contribution in [2.24, 2.45) is 5.92 Å². The van der Waals surface area contributed by atoms with Gasteiger partial charge >= 0.3 is 5.97 Å². The van der Waals surface area contributed by atoms with Crippen molar-refractivity contribution in [2.75, 3.05) is 16.4 Å². The molecular formula is C17H20INO4. The van der Waals surface area contributed by atoms with Crippen LogP contribution in [-0.2, 0) is 4.79 Å². The van der Waals surface area contributed by atoms with Gasteiger partial charge in [-0.1, -0.05) is 28.7 Å². The number of halogens is 1. The van der Waals surface area contributed by atoms with Crippen LogP contribution in [-0.4, -0.2) is 28.0 Å². The topological polar surface area (TPSA) is 75.6 Å². The summed E-state index contributed by atoms with van der Waals surface area (Å²) in [5.41, 5.74) is 1.45. The molecular weight excluding hydrogens is 409 g/mol. The van der Waals surface area contributed by atoms with Gasteiger partial charge in [0.05, 0.1) is 12.3 Å². The maximum absolute atomic E-state index is 12.0. The van der Waals surface area contributed by atoms with E-state index in [4.69, 9.17) is 4.74 Å². The number of nitrogens with one attached hydrogen (secondary N) is 1. The maximum Gasteiger partial charge on any atom is 0.341 e. The van der Waals surface area contributed by atoms with Gasteiger partial charge in [-0.05, 0) is 53.6 Å². The minimum atomic E-state index is -1.05. The molecule has 1 aromatic carbocycles. The van der Waals surface area contributed by atoms with Crippen molar-refractivity contribution in [3.8, 4) is 5.75 Å². The largest absolute Gasteiger partial charge is 0.492 e. The first-order valence-electron chi connectivity index (χ1n) is 7.99. The Morgan fingerprint density at radius 1 is 1.39 bits per heavy atom. The van der Waals surface area contributed by atoms with Crippen LogP contribution in [0.5, 0.6) is 5.75 Å². The van der Waals surface area contributed by atoms with Gasteiger partial charge in [0.2, 0.25) is 5.91 Å². The van der Waals surface area contributed by atoms with Crippen LogP contribution in [0.15, 0.2) is 12.1 Å². The van der Waals surface area contributed by atoms with Crippen LogP contribution in [0, 0.1) is 5.92 Å². The molecule has 5 nitrogen and oxygen atoms in total. The Morgan fingerprint density at radius 2 is 2.17 bits per heavy atom. The van der Waals surface area contributed by atoms with Gasteiger partial charge in [0.25, 0.3) is 0 Å². The molecule has 2 N–H and O–H groups in total. The SMILES string of the molecule is O=C1CC(CCCI)c2ccc(OCC3CC3)c(C(=O)O)c2N1. The first-order valence-corrected chi connectivity index (χ1v) is 9.51. The number of hydrogen-bond donors (Lipinski definition) is 2. The quantitative estimate of drug-likeness (QED) is 0.511. The molecule has 0 spiro atoms. The van der Waals surface area contributed by atoms with E-state index in [1.807, 2.05) is 6.07 Å². The van der Waals surface area contributed by atoms with Crippen LogP contribution >= 0.6 is 22.6 Å². The predicted octanol–water partition coefficient (Wildman–Crippen LogP) is 3.81. The number of fused-ring (bicyclic) bond motifs is 1. The Morgan fingerprint density at radius 3 is 2.83 bits per heavy atom. The highest BCUT2D eigenvalue weighted by atomic mass is 127. The lowest BCUT2D eigenvalue weighted by atomic mass is 9.85. The Bertz CT molecular complexity index is 627. The molecule has 1 atom stereocenters. The fourth-order valence-electron chi connectivity index (χ4n) is 3.00. The molecule has 0 saturated heterocycles. The minimum Gasteiger partial charge on any atom is -0.492 e. The molecule has 1 heterocycles. The Kier molecular flexibility index (Phi) is 5.08. The van der Waals surface area contributed by atoms with Crippen molar-refractivity contribution in [1.82, 2.24) is 0 Å². The zero-order valence-corrected chi connectivity index (χ0v) is 15.0. The molecule has 1 fully saturated rings. The molecule has 124 valence electrons. The number of carboxylic acid groups (broad SMARTS) is 1. The van der Waals surface area contributed by atoms with E-state index in [2.05, 4.69) is 27.9 Å². The third-order valence-electron chi connectivity index (χ3n) is 4.41. The highest BCUT2D eigenvalue weighted by molar-refractivity contribution is 14.1. The van der Waals surface area contributed by atoms with Crippen LogP contribution in [0.2, 0.25) is 0 Å². The molecule has 0 aromatic heterocycles. The summed E-state index contributed by atoms with van der Waals surface area (Å²) >= 11 is 2.32. The van der Waals surface area contributed by atoms with Crippen molar-refractivity contribution in [3.63, 3.8) is 0 Å². The summed E-state index contributed by atoms with van der Waals surface area (Å²) < 4.78 is 6.73. The molecule has 1 aliphatic heterocycles. The second-order valence-corrected chi connectivity index (χ2v) is 7.32. The maximum atomic E-state index is 12.0. The van der Waals surface area contributed by atoms with Gasteiger partial charge in [-0.25, -0.2) is 4.79 Å². The smallest absolute Gasteiger partial charge is 0.341 e. The minimum absolute atomic E-state index is 0.0871. The van der Waals surface area contributed by atoms with E-state index in [1.54, 1.807) is 6.07 Å². The van der Waals surface area contributed by atoms with Gasteiger partial charge in [-0.2, -0.15) is 0 Å². The molecule has 2 aliphatic rings. The Labute approximate surface area is 148 Å². The van der Waals surface area contributed by atoms with Crippen molar-refractivity contribution in [2.45, 2.75) is 38.0 Å². The van der Waals surface area contributed by atoms with Gasteiger partial charge in [-0.3, -0.25) is 4.79 Å². The molecule has 1 aliphatic carbocycles. The number of carbonyl (C=O) groups is 2. The van der Waals surface area contributed by atoms with Gasteiger partial charge < -0.3 is 15.2 Å². The van der Waals surface area contributed by atoms with Gasteiger partial charge in [0.1, 0.15) is 11.3 Å². The molecule has 1 saturated carbocycles. The van der Waals surface area contributed by atoms with Crippen LogP contribution in [0.1, 0.15) is 53.9 Å². The Hall–Kier alpha value is -1.31. The molecule has 1 aromatic rings. The lowest BCUT2D eigenvalue weighted by Gasteiger charge is -2.27. The average molecular weight is 429 g/mol. The summed E-state index contributed by atoms with van der Waals surface area (Å²) in [7, 11) is 0. The number of hydrogen-bond acceptors (Lipinski definition) is 3. The summed E-state index contributed by atoms with van der Waals surface area (Å²) in [5.74, 6) is -0.180. The fraction of sp³-hybridized carbons (Fsp3) is 0.529. The number of rotatable bonds is 7. The summed E-state index contributed by atoms with van der Waals surface area (Å²) in [6, 6.07) is 3.67. The Balaban J connectivity index is 1.94. The van der Waals surface area contributed by atoms with E-state index in [0.717, 1.165) is 35.7 Å². The first kappa shape index (κ1) is 16.5. The number of carbonyl (C=O) groups excluding carboxylic acids is 1. The third-order valence-corrected chi connectivity index (χ3v) is 5.17. The second-order valence-electron chi connectivity index (χ2n) is 6.24. The molecule has 23 heavy (non-hydrogen) atoms. The molecule has 6 heteroatoms. The van der Waals surface area contributed by atoms with Gasteiger partial charge in [0, 0.05) is 6.42 Å². The number of alkyl halides is 1. The highest BCUT2D eigenvalue weighted by Crippen LogP contribution is 2.41. The monoisotopic (exact) mass is 429 g/mol. The number of aromatic carboxylic acids is 1. The van der Waals surface area contributed by atoms with E-state index >= 15 is 0 Å². The summed E-state index contributed by atoms with van der Waals surface area (Å²) in [6.07, 6.45) is 4.61. The predicted molar refractivity (Wildman–Crippen MR) is 95.7 cm³/mol. The van der Waals surface area contributed by atoms with Gasteiger partial charge in [-0.15, -0.1) is 0 Å². The molecule has 0 bridgehead atoms. The standard InChI is InChI=1S/C17H20INO4/c18-7-1-2-11-8-14(20)19-16-12(11)5-6-13(15(16)17(21)22)23-9-10-3-4-10/h5-6,10-11H,1-4,7-9H2,(H,19,20)(H,21,22). The van der Waals surface area contributed by atoms with E-state index < -0.39 is 5.97 Å². The van der Waals surface area contributed by atoms with Crippen molar-refractivity contribution >= 4 is 40.2 Å². The van der Waals surface area contributed by atoms with Crippen LogP contribution in [0.25, 0.3) is 0 Å². The zero-order valence-electron chi connectivity index (χ0n) is 12.8. The van der Waals surface area contributed by atoms with Crippen LogP contribution in [0.4, 0.5) is 5.69 Å². The normalized spacial score (nSPS) is 19.9. The summed E-state index contributed by atoms with van der Waals surface area (Å²) in [5, 5.41) is 12.4. The van der Waals surface area contributed by atoms with E-state index in [0.29, 0.717) is 30.4 Å². The summed E-state index contributed by atoms with van der Waals surface area (Å²) in [4.78, 5) is 23.8. The van der Waals surface area contributed by atoms with Crippen LogP contribution in [0.3, 0.4) is 0 Å². The summed E-state index contributed by atoms with van der Waals surface area (Å²) in [6.45, 7) is 0.547. The van der Waals surface area contributed by atoms with Crippen molar-refractivity contribution in [3.05, 3.63) is 23.3 Å². The zero-order chi connectivity index (χ0) is 16.4. The number of amides is 1. The third kappa shape index (κ3) is 3.79. The molecule has 1 unspecified atom stereocenters. The average Bonchev–Trinajstić information content (AvgIpc) is 3.33. The van der Waals surface area contributed by atoms with E-state index in [-0.39, 0.29) is 17.4 Å². The first-order chi connectivity index (χ1) is 11.1. The van der Waals surface area contributed by atoms with Crippen molar-refractivity contribution in [1.29, 1.82) is 0 Å². The molecule has 3 rings (SSSR count). The lowest BCUT2D eigenvalue weighted by Crippen LogP contribution is -2.25. The second kappa shape index (κ2) is 7.07. The van der Waals surface area contributed by atoms with Gasteiger partial charge in [0.15, 0.2) is 0 Å². The number of benzene rings is 1. The van der Waals surface area contributed by atoms with Crippen LogP contribution < -0.4 is 10.1 Å². The highest BCUT2D eigenvalue weighted by Gasteiger charge is 2.31. The van der Waals surface area contributed by atoms with E-state index in [1.165, 1.54) is 0 Å². The number of anilines is 1. The number of carboxylic acids is 1. The lowest BCUT2D eigenvalue weighted by molar-refractivity contribution is -0.116. The molecule has 0 radical (unpaired) electrons. The number of ether oxygens (including phenoxy) is 1.